The van der Waals surface area contributed by atoms with Crippen LogP contribution in [0.25, 0.3) is 0 Å². The predicted octanol–water partition coefficient (Wildman–Crippen LogP) is 2.83. The van der Waals surface area contributed by atoms with Gasteiger partial charge >= 0.3 is 5.97 Å². The Balaban J connectivity index is 1.66. The fraction of sp³-hybridized carbons (Fsp3) is 0.452. The lowest BCUT2D eigenvalue weighted by Gasteiger charge is -2.36. The van der Waals surface area contributed by atoms with E-state index in [0.717, 1.165) is 17.7 Å². The average Bonchev–Trinajstić information content (AvgIpc) is 2.98. The Bertz CT molecular complexity index is 1480. The number of nitrogens with one attached hydrogen (secondary N) is 2. The molecule has 11 nitrogen and oxygen atoms in total. The van der Waals surface area contributed by atoms with Gasteiger partial charge < -0.3 is 20.1 Å². The van der Waals surface area contributed by atoms with E-state index in [4.69, 9.17) is 10.00 Å². The topological polar surface area (TPSA) is 152 Å². The second-order valence-electron chi connectivity index (χ2n) is 10.9. The number of hydrogen-bond donors (Lipinski definition) is 3. The van der Waals surface area contributed by atoms with Crippen LogP contribution in [0.2, 0.25) is 0 Å². The van der Waals surface area contributed by atoms with Crippen LogP contribution in [-0.2, 0) is 15.0 Å². The molecule has 1 fully saturated rings. The summed E-state index contributed by atoms with van der Waals surface area (Å²) < 4.78 is 34.9. The second kappa shape index (κ2) is 15.4. The summed E-state index contributed by atoms with van der Waals surface area (Å²) in [4.78, 5) is 26.2. The Morgan fingerprint density at radius 3 is 2.21 bits per heavy atom. The molecule has 1 heterocycles. The van der Waals surface area contributed by atoms with Crippen LogP contribution in [0.5, 0.6) is 5.75 Å². The van der Waals surface area contributed by atoms with Gasteiger partial charge in [0.2, 0.25) is 0 Å². The molecule has 230 valence electrons. The number of amides is 1. The number of carboxylic acids is 1. The van der Waals surface area contributed by atoms with Crippen molar-refractivity contribution >= 4 is 27.8 Å². The van der Waals surface area contributed by atoms with Gasteiger partial charge in [-0.15, -0.1) is 0 Å². The first-order valence-corrected chi connectivity index (χ1v) is 15.6. The van der Waals surface area contributed by atoms with Gasteiger partial charge in [0.15, 0.2) is 0 Å². The first-order valence-electron chi connectivity index (χ1n) is 14.2. The van der Waals surface area contributed by atoms with E-state index in [0.29, 0.717) is 42.5 Å². The predicted molar refractivity (Wildman–Crippen MR) is 164 cm³/mol. The number of rotatable bonds is 12. The van der Waals surface area contributed by atoms with Crippen molar-refractivity contribution in [3.63, 3.8) is 0 Å². The summed E-state index contributed by atoms with van der Waals surface area (Å²) in [6.45, 7) is 9.21. The normalized spacial score (nSPS) is 14.5. The quantitative estimate of drug-likeness (QED) is 0.245. The molecule has 0 aromatic heterocycles. The Morgan fingerprint density at radius 1 is 1.00 bits per heavy atom. The number of carbonyl (C=O) groups excluding carboxylic acids is 1. The maximum Gasteiger partial charge on any atom is 0.322 e. The third-order valence-electron chi connectivity index (χ3n) is 6.88. The summed E-state index contributed by atoms with van der Waals surface area (Å²) in [6, 6.07) is 13.4. The Morgan fingerprint density at radius 2 is 1.63 bits per heavy atom. The molecule has 3 N–H and O–H groups in total. The number of benzene rings is 2. The Labute approximate surface area is 254 Å². The van der Waals surface area contributed by atoms with Crippen LogP contribution >= 0.6 is 0 Å². The molecule has 2 aromatic carbocycles. The van der Waals surface area contributed by atoms with Gasteiger partial charge in [-0.3, -0.25) is 9.59 Å². The van der Waals surface area contributed by atoms with Crippen molar-refractivity contribution < 1.29 is 27.9 Å². The highest BCUT2D eigenvalue weighted by Gasteiger charge is 2.33. The van der Waals surface area contributed by atoms with Gasteiger partial charge in [-0.2, -0.15) is 22.7 Å². The molecule has 0 spiro atoms. The number of anilines is 1. The van der Waals surface area contributed by atoms with Crippen LogP contribution in [0.3, 0.4) is 0 Å². The van der Waals surface area contributed by atoms with Crippen LogP contribution in [0.15, 0.2) is 42.5 Å². The highest BCUT2D eigenvalue weighted by molar-refractivity contribution is 7.87. The van der Waals surface area contributed by atoms with Crippen LogP contribution in [0, 0.1) is 35.0 Å². The molecule has 1 aliphatic heterocycles. The zero-order valence-corrected chi connectivity index (χ0v) is 25.8. The second-order valence-corrected chi connectivity index (χ2v) is 12.7. The molecule has 1 unspecified atom stereocenters. The highest BCUT2D eigenvalue weighted by Crippen LogP contribution is 2.22. The minimum absolute atomic E-state index is 0.113. The van der Waals surface area contributed by atoms with Gasteiger partial charge in [0.05, 0.1) is 18.2 Å². The molecular formula is C31H39N5O6S. The van der Waals surface area contributed by atoms with E-state index in [1.807, 2.05) is 30.3 Å². The van der Waals surface area contributed by atoms with Crippen LogP contribution < -0.4 is 19.7 Å². The number of carboxylic acid groups (broad SMARTS) is 1. The smallest absolute Gasteiger partial charge is 0.322 e. The number of aliphatic carboxylic acids is 1. The number of ether oxygens (including phenoxy) is 1. The molecule has 12 heteroatoms. The van der Waals surface area contributed by atoms with E-state index in [1.165, 1.54) is 4.31 Å². The molecule has 0 radical (unpaired) electrons. The zero-order valence-electron chi connectivity index (χ0n) is 25.0. The van der Waals surface area contributed by atoms with E-state index in [2.05, 4.69) is 40.6 Å². The van der Waals surface area contributed by atoms with Gasteiger partial charge in [-0.05, 0) is 60.7 Å². The summed E-state index contributed by atoms with van der Waals surface area (Å²) in [6.07, 6.45) is 0.842. The van der Waals surface area contributed by atoms with E-state index in [-0.39, 0.29) is 25.6 Å². The van der Waals surface area contributed by atoms with Gasteiger partial charge in [0, 0.05) is 43.0 Å². The lowest BCUT2D eigenvalue weighted by Crippen LogP contribution is -2.55. The maximum absolute atomic E-state index is 12.8. The van der Waals surface area contributed by atoms with Crippen LogP contribution in [-0.4, -0.2) is 75.1 Å². The minimum Gasteiger partial charge on any atom is -0.493 e. The average molecular weight is 610 g/mol. The van der Waals surface area contributed by atoms with Crippen LogP contribution in [0.1, 0.15) is 55.6 Å². The van der Waals surface area contributed by atoms with E-state index >= 15 is 0 Å². The molecule has 0 bridgehead atoms. The summed E-state index contributed by atoms with van der Waals surface area (Å²) in [5.41, 5.74) is 2.62. The van der Waals surface area contributed by atoms with Crippen molar-refractivity contribution in [2.24, 2.45) is 11.8 Å². The molecule has 2 aromatic rings. The SMILES string of the molecule is CC(C)CCOc1ccc(C#Cc2ccc(N3CCN(S(=O)(=O)NC(C(=O)O)C(C)C)CC3)cc2)cc1C(=O)NCC#N. The van der Waals surface area contributed by atoms with E-state index in [9.17, 15) is 23.1 Å². The monoisotopic (exact) mass is 609 g/mol. The first kappa shape index (κ1) is 33.4. The molecule has 1 saturated heterocycles. The molecule has 1 atom stereocenters. The fourth-order valence-corrected chi connectivity index (χ4v) is 5.81. The summed E-state index contributed by atoms with van der Waals surface area (Å²) in [7, 11) is -3.93. The Kier molecular flexibility index (Phi) is 12.0. The summed E-state index contributed by atoms with van der Waals surface area (Å²) in [5.74, 6) is 5.09. The standard InChI is InChI=1S/C31H39N5O6S/c1-22(2)13-20-42-28-12-9-25(21-27(28)30(37)33-15-14-32)6-5-24-7-10-26(11-8-24)35-16-18-36(19-17-35)43(40,41)34-29(23(3)4)31(38)39/h7-12,21-23,29,34H,13,15-20H2,1-4H3,(H,33,37)(H,38,39). The maximum atomic E-state index is 12.8. The van der Waals surface area contributed by atoms with E-state index in [1.54, 1.807) is 32.0 Å². The largest absolute Gasteiger partial charge is 0.493 e. The molecule has 0 aliphatic carbocycles. The number of hydrogen-bond acceptors (Lipinski definition) is 7. The van der Waals surface area contributed by atoms with Crippen molar-refractivity contribution in [2.45, 2.75) is 40.2 Å². The molecule has 0 saturated carbocycles. The highest BCUT2D eigenvalue weighted by atomic mass is 32.2. The van der Waals surface area contributed by atoms with Crippen molar-refractivity contribution in [1.29, 1.82) is 5.26 Å². The van der Waals surface area contributed by atoms with Crippen LogP contribution in [0.4, 0.5) is 5.69 Å². The van der Waals surface area contributed by atoms with E-state index < -0.39 is 28.1 Å². The molecular weight excluding hydrogens is 570 g/mol. The number of carbonyl (C=O) groups is 2. The van der Waals surface area contributed by atoms with Crippen molar-refractivity contribution in [2.75, 3.05) is 44.2 Å². The summed E-state index contributed by atoms with van der Waals surface area (Å²) >= 11 is 0. The van der Waals surface area contributed by atoms with Gasteiger partial charge in [-0.1, -0.05) is 39.5 Å². The van der Waals surface area contributed by atoms with Crippen molar-refractivity contribution in [3.05, 3.63) is 59.2 Å². The van der Waals surface area contributed by atoms with Gasteiger partial charge in [0.25, 0.3) is 16.1 Å². The third-order valence-corrected chi connectivity index (χ3v) is 8.47. The fourth-order valence-electron chi connectivity index (χ4n) is 4.32. The number of nitrogens with zero attached hydrogens (tertiary/aromatic N) is 3. The third kappa shape index (κ3) is 9.72. The molecule has 1 aliphatic rings. The lowest BCUT2D eigenvalue weighted by molar-refractivity contribution is -0.140. The van der Waals surface area contributed by atoms with Gasteiger partial charge in [-0.25, -0.2) is 0 Å². The molecule has 3 rings (SSSR count). The lowest BCUT2D eigenvalue weighted by atomic mass is 10.1. The number of nitriles is 1. The van der Waals surface area contributed by atoms with Crippen molar-refractivity contribution in [1.82, 2.24) is 14.3 Å². The number of piperazine rings is 1. The molecule has 43 heavy (non-hydrogen) atoms. The van der Waals surface area contributed by atoms with Crippen molar-refractivity contribution in [3.8, 4) is 23.7 Å². The Hall–Kier alpha value is -4.10. The first-order chi connectivity index (χ1) is 20.4. The minimum atomic E-state index is -3.93. The molecule has 1 amide bonds. The summed E-state index contributed by atoms with van der Waals surface area (Å²) in [5, 5.41) is 20.7. The zero-order chi connectivity index (χ0) is 31.6. The van der Waals surface area contributed by atoms with Gasteiger partial charge in [0.1, 0.15) is 18.3 Å².